The topological polar surface area (TPSA) is 29.1 Å². The van der Waals surface area contributed by atoms with Crippen LogP contribution in [0.3, 0.4) is 0 Å². The maximum atomic E-state index is 11.8. The van der Waals surface area contributed by atoms with Gasteiger partial charge in [-0.2, -0.15) is 0 Å². The fourth-order valence-corrected chi connectivity index (χ4v) is 3.76. The van der Waals surface area contributed by atoms with E-state index in [9.17, 15) is 4.79 Å². The summed E-state index contributed by atoms with van der Waals surface area (Å²) in [6.07, 6.45) is 7.34. The Morgan fingerprint density at radius 1 is 1.24 bits per heavy atom. The van der Waals surface area contributed by atoms with E-state index in [0.717, 1.165) is 24.2 Å². The molecule has 4 atom stereocenters. The van der Waals surface area contributed by atoms with Gasteiger partial charge in [-0.3, -0.25) is 4.79 Å². The third kappa shape index (κ3) is 3.23. The molecule has 2 aliphatic carbocycles. The van der Waals surface area contributed by atoms with Crippen LogP contribution in [0.4, 0.5) is 0 Å². The van der Waals surface area contributed by atoms with Crippen molar-refractivity contribution in [3.8, 4) is 0 Å². The van der Waals surface area contributed by atoms with Crippen LogP contribution in [-0.4, -0.2) is 11.9 Å². The first-order chi connectivity index (χ1) is 8.06. The van der Waals surface area contributed by atoms with Gasteiger partial charge in [0.25, 0.3) is 0 Å². The van der Waals surface area contributed by atoms with Crippen molar-refractivity contribution >= 4 is 5.91 Å². The molecule has 0 radical (unpaired) electrons. The molecule has 0 aromatic heterocycles. The number of hydrogen-bond donors (Lipinski definition) is 1. The molecule has 2 heteroatoms. The lowest BCUT2D eigenvalue weighted by Gasteiger charge is -2.28. The minimum absolute atomic E-state index is 0.258. The Morgan fingerprint density at radius 3 is 2.53 bits per heavy atom. The SMILES string of the molecule is CC(C)CCC(=O)NC(C)C1CC2CCC1C2. The Morgan fingerprint density at radius 2 is 2.00 bits per heavy atom. The molecule has 2 rings (SSSR count). The molecule has 0 aromatic rings. The van der Waals surface area contributed by atoms with E-state index in [4.69, 9.17) is 0 Å². The zero-order valence-electron chi connectivity index (χ0n) is 11.5. The lowest BCUT2D eigenvalue weighted by molar-refractivity contribution is -0.122. The molecule has 1 amide bonds. The van der Waals surface area contributed by atoms with Crippen LogP contribution in [0, 0.1) is 23.7 Å². The maximum Gasteiger partial charge on any atom is 0.220 e. The van der Waals surface area contributed by atoms with Gasteiger partial charge in [0, 0.05) is 12.5 Å². The Hall–Kier alpha value is -0.530. The largest absolute Gasteiger partial charge is 0.353 e. The van der Waals surface area contributed by atoms with Crippen molar-refractivity contribution in [2.75, 3.05) is 0 Å². The third-order valence-corrected chi connectivity index (χ3v) is 4.77. The predicted molar refractivity (Wildman–Crippen MR) is 70.6 cm³/mol. The van der Waals surface area contributed by atoms with Crippen molar-refractivity contribution in [1.29, 1.82) is 0 Å². The molecule has 0 aliphatic heterocycles. The van der Waals surface area contributed by atoms with Crippen LogP contribution in [0.5, 0.6) is 0 Å². The van der Waals surface area contributed by atoms with Crippen molar-refractivity contribution < 1.29 is 4.79 Å². The fraction of sp³-hybridized carbons (Fsp3) is 0.933. The van der Waals surface area contributed by atoms with Crippen LogP contribution in [0.25, 0.3) is 0 Å². The molecule has 2 saturated carbocycles. The number of carbonyl (C=O) groups excluding carboxylic acids is 1. The highest BCUT2D eigenvalue weighted by Gasteiger charge is 2.41. The number of fused-ring (bicyclic) bond motifs is 2. The van der Waals surface area contributed by atoms with Crippen LogP contribution in [0.2, 0.25) is 0 Å². The summed E-state index contributed by atoms with van der Waals surface area (Å²) in [5, 5.41) is 3.22. The molecule has 2 aliphatic rings. The van der Waals surface area contributed by atoms with E-state index in [0.29, 0.717) is 18.4 Å². The van der Waals surface area contributed by atoms with Crippen LogP contribution in [0.1, 0.15) is 59.3 Å². The van der Waals surface area contributed by atoms with Gasteiger partial charge in [0.2, 0.25) is 5.91 Å². The molecule has 0 saturated heterocycles. The zero-order chi connectivity index (χ0) is 12.4. The lowest BCUT2D eigenvalue weighted by atomic mass is 9.84. The van der Waals surface area contributed by atoms with E-state index in [-0.39, 0.29) is 5.91 Å². The van der Waals surface area contributed by atoms with Gasteiger partial charge < -0.3 is 5.32 Å². The molecule has 1 N–H and O–H groups in total. The smallest absolute Gasteiger partial charge is 0.220 e. The molecule has 2 fully saturated rings. The summed E-state index contributed by atoms with van der Waals surface area (Å²) in [7, 11) is 0. The second kappa shape index (κ2) is 5.41. The summed E-state index contributed by atoms with van der Waals surface area (Å²) < 4.78 is 0. The predicted octanol–water partition coefficient (Wildman–Crippen LogP) is 3.36. The molecule has 0 spiro atoms. The van der Waals surface area contributed by atoms with E-state index in [1.807, 2.05) is 0 Å². The van der Waals surface area contributed by atoms with Gasteiger partial charge in [-0.15, -0.1) is 0 Å². The van der Waals surface area contributed by atoms with Crippen LogP contribution in [-0.2, 0) is 4.79 Å². The molecule has 17 heavy (non-hydrogen) atoms. The Bertz CT molecular complexity index is 274. The molecule has 98 valence electrons. The van der Waals surface area contributed by atoms with Gasteiger partial charge >= 0.3 is 0 Å². The van der Waals surface area contributed by atoms with Crippen molar-refractivity contribution in [2.24, 2.45) is 23.7 Å². The first kappa shape index (κ1) is 12.9. The van der Waals surface area contributed by atoms with Crippen molar-refractivity contribution in [3.63, 3.8) is 0 Å². The number of amides is 1. The molecule has 0 aromatic carbocycles. The number of hydrogen-bond acceptors (Lipinski definition) is 1. The maximum absolute atomic E-state index is 11.8. The Kier molecular flexibility index (Phi) is 4.11. The summed E-state index contributed by atoms with van der Waals surface area (Å²) in [6.45, 7) is 6.55. The normalized spacial score (nSPS) is 33.1. The van der Waals surface area contributed by atoms with E-state index < -0.39 is 0 Å². The summed E-state index contributed by atoms with van der Waals surface area (Å²) in [5.41, 5.74) is 0. The molecular weight excluding hydrogens is 210 g/mol. The molecule has 4 unspecified atom stereocenters. The van der Waals surface area contributed by atoms with E-state index >= 15 is 0 Å². The highest BCUT2D eigenvalue weighted by Crippen LogP contribution is 2.49. The highest BCUT2D eigenvalue weighted by molar-refractivity contribution is 5.76. The van der Waals surface area contributed by atoms with Crippen molar-refractivity contribution in [1.82, 2.24) is 5.32 Å². The summed E-state index contributed by atoms with van der Waals surface area (Å²) in [6, 6.07) is 0.393. The summed E-state index contributed by atoms with van der Waals surface area (Å²) in [5.74, 6) is 3.52. The number of nitrogens with one attached hydrogen (secondary N) is 1. The van der Waals surface area contributed by atoms with Gasteiger partial charge in [0.1, 0.15) is 0 Å². The second-order valence-electron chi connectivity index (χ2n) is 6.63. The average molecular weight is 237 g/mol. The van der Waals surface area contributed by atoms with Gasteiger partial charge in [0.05, 0.1) is 0 Å². The van der Waals surface area contributed by atoms with E-state index in [1.165, 1.54) is 25.7 Å². The van der Waals surface area contributed by atoms with Gasteiger partial charge in [-0.25, -0.2) is 0 Å². The van der Waals surface area contributed by atoms with Gasteiger partial charge in [-0.1, -0.05) is 20.3 Å². The van der Waals surface area contributed by atoms with Gasteiger partial charge in [-0.05, 0) is 56.3 Å². The molecule has 2 nitrogen and oxygen atoms in total. The monoisotopic (exact) mass is 237 g/mol. The molecular formula is C15H27NO. The standard InChI is InChI=1S/C15H27NO/c1-10(2)4-7-15(17)16-11(3)14-9-12-5-6-13(14)8-12/h10-14H,4-9H2,1-3H3,(H,16,17). The molecule has 0 heterocycles. The first-order valence-electron chi connectivity index (χ1n) is 7.35. The summed E-state index contributed by atoms with van der Waals surface area (Å²) in [4.78, 5) is 11.8. The summed E-state index contributed by atoms with van der Waals surface area (Å²) >= 11 is 0. The average Bonchev–Trinajstić information content (AvgIpc) is 2.87. The Labute approximate surface area is 106 Å². The first-order valence-corrected chi connectivity index (χ1v) is 7.35. The number of rotatable bonds is 5. The minimum atomic E-state index is 0.258. The van der Waals surface area contributed by atoms with Crippen LogP contribution in [0.15, 0.2) is 0 Å². The minimum Gasteiger partial charge on any atom is -0.353 e. The van der Waals surface area contributed by atoms with Crippen LogP contribution >= 0.6 is 0 Å². The molecule has 2 bridgehead atoms. The van der Waals surface area contributed by atoms with Crippen molar-refractivity contribution in [3.05, 3.63) is 0 Å². The third-order valence-electron chi connectivity index (χ3n) is 4.77. The van der Waals surface area contributed by atoms with Crippen molar-refractivity contribution in [2.45, 2.75) is 65.3 Å². The second-order valence-corrected chi connectivity index (χ2v) is 6.63. The quantitative estimate of drug-likeness (QED) is 0.780. The van der Waals surface area contributed by atoms with E-state index in [1.54, 1.807) is 0 Å². The lowest BCUT2D eigenvalue weighted by Crippen LogP contribution is -2.40. The number of carbonyl (C=O) groups is 1. The van der Waals surface area contributed by atoms with Gasteiger partial charge in [0.15, 0.2) is 0 Å². The van der Waals surface area contributed by atoms with Crippen LogP contribution < -0.4 is 5.32 Å². The van der Waals surface area contributed by atoms with E-state index in [2.05, 4.69) is 26.1 Å². The zero-order valence-corrected chi connectivity index (χ0v) is 11.5. The Balaban J connectivity index is 1.73. The highest BCUT2D eigenvalue weighted by atomic mass is 16.1. The fourth-order valence-electron chi connectivity index (χ4n) is 3.76.